The molecule has 1 saturated carbocycles. The monoisotopic (exact) mass is 368 g/mol. The molecule has 1 atom stereocenters. The molecule has 1 N–H and O–H groups in total. The van der Waals surface area contributed by atoms with Gasteiger partial charge in [-0.25, -0.2) is 0 Å². The Morgan fingerprint density at radius 2 is 1.87 bits per heavy atom. The summed E-state index contributed by atoms with van der Waals surface area (Å²) in [5, 5.41) is 3.49. The zero-order valence-corrected chi connectivity index (χ0v) is 14.3. The van der Waals surface area contributed by atoms with Gasteiger partial charge in [0.15, 0.2) is 0 Å². The number of piperazine rings is 1. The van der Waals surface area contributed by atoms with Gasteiger partial charge in [0.2, 0.25) is 0 Å². The summed E-state index contributed by atoms with van der Waals surface area (Å²) in [6.45, 7) is 3.15. The van der Waals surface area contributed by atoms with Crippen LogP contribution in [0.4, 0.5) is 13.2 Å². The van der Waals surface area contributed by atoms with Crippen LogP contribution in [-0.2, 0) is 6.18 Å². The molecule has 1 heterocycles. The van der Waals surface area contributed by atoms with Crippen LogP contribution in [0.1, 0.15) is 36.4 Å². The van der Waals surface area contributed by atoms with Crippen molar-refractivity contribution in [1.29, 1.82) is 0 Å². The Bertz CT molecular complexity index is 527. The summed E-state index contributed by atoms with van der Waals surface area (Å²) in [6.07, 6.45) is -1.36. The number of nitrogens with zero attached hydrogens (tertiary/aromatic N) is 1. The highest BCUT2D eigenvalue weighted by molar-refractivity contribution is 6.31. The van der Waals surface area contributed by atoms with E-state index in [1.165, 1.54) is 6.07 Å². The molecule has 130 valence electrons. The lowest BCUT2D eigenvalue weighted by molar-refractivity contribution is -0.138. The average molecular weight is 369 g/mol. The maximum Gasteiger partial charge on any atom is 0.416 e. The van der Waals surface area contributed by atoms with E-state index in [9.17, 15) is 13.2 Å². The fraction of sp³-hybridized carbons (Fsp3) is 0.625. The topological polar surface area (TPSA) is 15.3 Å². The van der Waals surface area contributed by atoms with Crippen molar-refractivity contribution in [3.05, 3.63) is 34.3 Å². The van der Waals surface area contributed by atoms with Crippen molar-refractivity contribution >= 4 is 24.0 Å². The van der Waals surface area contributed by atoms with Gasteiger partial charge < -0.3 is 5.32 Å². The van der Waals surface area contributed by atoms with Gasteiger partial charge in [0, 0.05) is 42.8 Å². The summed E-state index contributed by atoms with van der Waals surface area (Å²) in [5.41, 5.74) is -0.311. The van der Waals surface area contributed by atoms with Crippen LogP contribution in [-0.4, -0.2) is 31.1 Å². The van der Waals surface area contributed by atoms with Crippen molar-refractivity contribution in [2.75, 3.05) is 26.2 Å². The standard InChI is InChI=1S/C16H20ClF3N2.ClH/c17-13-3-1-2-12(16(18,19)20)15(13)14(10-11-4-5-11)22-8-6-21-7-9-22;/h1-3,11,14,21H,4-10H2;1H/t14-;/m1./s1. The third kappa shape index (κ3) is 4.53. The normalized spacial score (nSPS) is 20.9. The maximum absolute atomic E-state index is 13.4. The molecule has 3 rings (SSSR count). The second-order valence-electron chi connectivity index (χ2n) is 6.18. The quantitative estimate of drug-likeness (QED) is 0.839. The lowest BCUT2D eigenvalue weighted by Crippen LogP contribution is -2.45. The van der Waals surface area contributed by atoms with Crippen LogP contribution in [0.25, 0.3) is 0 Å². The van der Waals surface area contributed by atoms with E-state index in [0.29, 0.717) is 5.92 Å². The summed E-state index contributed by atoms with van der Waals surface area (Å²) in [6, 6.07) is 3.89. The Kier molecular flexibility index (Phi) is 6.22. The van der Waals surface area contributed by atoms with E-state index in [0.717, 1.165) is 51.5 Å². The zero-order chi connectivity index (χ0) is 15.7. The Labute approximate surface area is 145 Å². The molecule has 1 aliphatic heterocycles. The molecule has 1 aliphatic carbocycles. The molecular weight excluding hydrogens is 348 g/mol. The summed E-state index contributed by atoms with van der Waals surface area (Å²) < 4.78 is 40.3. The lowest BCUT2D eigenvalue weighted by Gasteiger charge is -2.37. The minimum absolute atomic E-state index is 0. The Morgan fingerprint density at radius 3 is 2.43 bits per heavy atom. The van der Waals surface area contributed by atoms with Crippen LogP contribution in [0, 0.1) is 5.92 Å². The first-order valence-electron chi connectivity index (χ1n) is 7.77. The third-order valence-corrected chi connectivity index (χ3v) is 4.87. The van der Waals surface area contributed by atoms with Crippen molar-refractivity contribution in [2.24, 2.45) is 5.92 Å². The van der Waals surface area contributed by atoms with E-state index < -0.39 is 11.7 Å². The minimum atomic E-state index is -4.37. The van der Waals surface area contributed by atoms with Gasteiger partial charge in [-0.3, -0.25) is 4.90 Å². The molecule has 1 saturated heterocycles. The molecule has 1 aromatic rings. The van der Waals surface area contributed by atoms with E-state index in [4.69, 9.17) is 11.6 Å². The van der Waals surface area contributed by atoms with Gasteiger partial charge in [-0.1, -0.05) is 30.5 Å². The summed E-state index contributed by atoms with van der Waals surface area (Å²) >= 11 is 6.21. The predicted molar refractivity (Wildman–Crippen MR) is 88.2 cm³/mol. The van der Waals surface area contributed by atoms with Crippen LogP contribution < -0.4 is 5.32 Å². The zero-order valence-electron chi connectivity index (χ0n) is 12.7. The lowest BCUT2D eigenvalue weighted by atomic mass is 9.93. The number of halogens is 5. The van der Waals surface area contributed by atoms with E-state index in [2.05, 4.69) is 10.2 Å². The molecule has 1 aromatic carbocycles. The van der Waals surface area contributed by atoms with Crippen molar-refractivity contribution in [1.82, 2.24) is 10.2 Å². The summed E-state index contributed by atoms with van der Waals surface area (Å²) in [5.74, 6) is 0.539. The number of alkyl halides is 3. The van der Waals surface area contributed by atoms with Crippen molar-refractivity contribution in [3.63, 3.8) is 0 Å². The Morgan fingerprint density at radius 1 is 1.22 bits per heavy atom. The molecule has 2 nitrogen and oxygen atoms in total. The molecule has 0 bridgehead atoms. The molecule has 23 heavy (non-hydrogen) atoms. The van der Waals surface area contributed by atoms with Gasteiger partial charge in [0.1, 0.15) is 0 Å². The van der Waals surface area contributed by atoms with E-state index in [1.807, 2.05) is 0 Å². The second kappa shape index (κ2) is 7.60. The first kappa shape index (κ1) is 18.8. The number of benzene rings is 1. The van der Waals surface area contributed by atoms with Gasteiger partial charge in [-0.15, -0.1) is 12.4 Å². The average Bonchev–Trinajstić information content (AvgIpc) is 3.29. The molecule has 0 unspecified atom stereocenters. The van der Waals surface area contributed by atoms with Crippen LogP contribution in [0.2, 0.25) is 5.02 Å². The van der Waals surface area contributed by atoms with Gasteiger partial charge in [0.05, 0.1) is 5.56 Å². The molecule has 0 aromatic heterocycles. The van der Waals surface area contributed by atoms with E-state index >= 15 is 0 Å². The Hall–Kier alpha value is -0.490. The first-order valence-corrected chi connectivity index (χ1v) is 8.15. The van der Waals surface area contributed by atoms with E-state index in [-0.39, 0.29) is 29.0 Å². The van der Waals surface area contributed by atoms with Crippen LogP contribution in [0.5, 0.6) is 0 Å². The van der Waals surface area contributed by atoms with Crippen LogP contribution in [0.3, 0.4) is 0 Å². The largest absolute Gasteiger partial charge is 0.416 e. The summed E-state index contributed by atoms with van der Waals surface area (Å²) in [7, 11) is 0. The Balaban J connectivity index is 0.00000192. The smallest absolute Gasteiger partial charge is 0.314 e. The van der Waals surface area contributed by atoms with Crippen LogP contribution in [0.15, 0.2) is 18.2 Å². The van der Waals surface area contributed by atoms with Crippen molar-refractivity contribution < 1.29 is 13.2 Å². The second-order valence-corrected chi connectivity index (χ2v) is 6.59. The fourth-order valence-corrected chi connectivity index (χ4v) is 3.54. The predicted octanol–water partition coefficient (Wildman–Crippen LogP) is 4.53. The third-order valence-electron chi connectivity index (χ3n) is 4.54. The number of hydrogen-bond donors (Lipinski definition) is 1. The number of hydrogen-bond acceptors (Lipinski definition) is 2. The number of nitrogens with one attached hydrogen (secondary N) is 1. The summed E-state index contributed by atoms with van der Waals surface area (Å²) in [4.78, 5) is 2.16. The van der Waals surface area contributed by atoms with Crippen molar-refractivity contribution in [2.45, 2.75) is 31.5 Å². The maximum atomic E-state index is 13.4. The molecule has 2 aliphatic rings. The molecule has 2 fully saturated rings. The molecule has 0 spiro atoms. The van der Waals surface area contributed by atoms with Gasteiger partial charge >= 0.3 is 6.18 Å². The molecule has 0 amide bonds. The molecule has 0 radical (unpaired) electrons. The van der Waals surface area contributed by atoms with Crippen molar-refractivity contribution in [3.8, 4) is 0 Å². The highest BCUT2D eigenvalue weighted by Crippen LogP contribution is 2.45. The number of rotatable bonds is 4. The first-order chi connectivity index (χ1) is 10.5. The molecule has 7 heteroatoms. The highest BCUT2D eigenvalue weighted by atomic mass is 35.5. The fourth-order valence-electron chi connectivity index (χ4n) is 3.24. The molecular formula is C16H21Cl2F3N2. The SMILES string of the molecule is Cl.FC(F)(F)c1cccc(Cl)c1[C@@H](CC1CC1)N1CCNCC1. The van der Waals surface area contributed by atoms with Crippen LogP contribution >= 0.6 is 24.0 Å². The van der Waals surface area contributed by atoms with E-state index in [1.54, 1.807) is 6.07 Å². The van der Waals surface area contributed by atoms with Gasteiger partial charge in [-0.05, 0) is 24.5 Å². The minimum Gasteiger partial charge on any atom is -0.314 e. The highest BCUT2D eigenvalue weighted by Gasteiger charge is 2.39. The van der Waals surface area contributed by atoms with Gasteiger partial charge in [-0.2, -0.15) is 13.2 Å². The van der Waals surface area contributed by atoms with Gasteiger partial charge in [0.25, 0.3) is 0 Å².